The van der Waals surface area contributed by atoms with Gasteiger partial charge >= 0.3 is 0 Å². The van der Waals surface area contributed by atoms with Crippen molar-refractivity contribution in [1.29, 1.82) is 0 Å². The van der Waals surface area contributed by atoms with Crippen molar-refractivity contribution in [3.63, 3.8) is 0 Å². The van der Waals surface area contributed by atoms with E-state index in [-0.39, 0.29) is 11.2 Å². The molecule has 0 unspecified atom stereocenters. The van der Waals surface area contributed by atoms with Gasteiger partial charge in [0.05, 0.1) is 6.61 Å². The van der Waals surface area contributed by atoms with Crippen molar-refractivity contribution < 1.29 is 9.13 Å². The van der Waals surface area contributed by atoms with Crippen molar-refractivity contribution in [2.24, 2.45) is 0 Å². The van der Waals surface area contributed by atoms with Crippen molar-refractivity contribution in [1.82, 2.24) is 14.9 Å². The van der Waals surface area contributed by atoms with Gasteiger partial charge in [0.1, 0.15) is 11.6 Å². The molecule has 2 aromatic rings. The molecule has 2 N–H and O–H groups in total. The number of nitrogen functional groups attached to an aromatic ring is 1. The smallest absolute Gasteiger partial charge is 0.209 e. The van der Waals surface area contributed by atoms with E-state index in [0.717, 1.165) is 18.0 Å². The monoisotopic (exact) mass is 324 g/mol. The fourth-order valence-corrected chi connectivity index (χ4v) is 2.60. The van der Waals surface area contributed by atoms with Crippen molar-refractivity contribution in [3.05, 3.63) is 35.9 Å². The summed E-state index contributed by atoms with van der Waals surface area (Å²) >= 11 is 1.55. The Kier molecular flexibility index (Phi) is 5.28. The number of aromatic nitrogens is 3. The maximum absolute atomic E-state index is 12.8. The third-order valence-corrected chi connectivity index (χ3v) is 3.97. The zero-order chi connectivity index (χ0) is 16.2. The Hall–Kier alpha value is -1.76. The van der Waals surface area contributed by atoms with E-state index in [1.807, 2.05) is 20.8 Å². The molecule has 1 heterocycles. The highest BCUT2D eigenvalue weighted by atomic mass is 32.2. The minimum atomic E-state index is -0.264. The highest BCUT2D eigenvalue weighted by molar-refractivity contribution is 7.99. The van der Waals surface area contributed by atoms with Crippen molar-refractivity contribution >= 4 is 11.8 Å². The van der Waals surface area contributed by atoms with Crippen LogP contribution in [0.3, 0.4) is 0 Å². The summed E-state index contributed by atoms with van der Waals surface area (Å²) < 4.78 is 19.8. The van der Waals surface area contributed by atoms with Gasteiger partial charge in [0, 0.05) is 11.2 Å². The second-order valence-electron chi connectivity index (χ2n) is 5.93. The summed E-state index contributed by atoms with van der Waals surface area (Å²) in [5.41, 5.74) is -0.133. The van der Waals surface area contributed by atoms with E-state index in [0.29, 0.717) is 17.5 Å². The highest BCUT2D eigenvalue weighted by Crippen LogP contribution is 2.23. The van der Waals surface area contributed by atoms with Gasteiger partial charge in [0.15, 0.2) is 5.82 Å². The molecule has 0 amide bonds. The SMILES string of the molecule is CC(C)(C)c1nnc(SCCCOc2ccc(F)cc2)n1N. The molecule has 22 heavy (non-hydrogen) atoms. The quantitative estimate of drug-likeness (QED) is 0.503. The number of ether oxygens (including phenoxy) is 1. The molecular formula is C15H21FN4OS. The molecule has 0 saturated carbocycles. The van der Waals surface area contributed by atoms with Gasteiger partial charge in [0.25, 0.3) is 0 Å². The van der Waals surface area contributed by atoms with Crippen LogP contribution in [0, 0.1) is 5.82 Å². The minimum Gasteiger partial charge on any atom is -0.494 e. The molecule has 7 heteroatoms. The van der Waals surface area contributed by atoms with E-state index in [2.05, 4.69) is 10.2 Å². The second-order valence-corrected chi connectivity index (χ2v) is 6.99. The third-order valence-electron chi connectivity index (χ3n) is 2.94. The molecule has 0 saturated heterocycles. The number of halogens is 1. The van der Waals surface area contributed by atoms with Crippen LogP contribution in [0.2, 0.25) is 0 Å². The molecule has 0 aliphatic heterocycles. The minimum absolute atomic E-state index is 0.133. The van der Waals surface area contributed by atoms with Crippen LogP contribution >= 0.6 is 11.8 Å². The topological polar surface area (TPSA) is 66.0 Å². The molecule has 2 rings (SSSR count). The van der Waals surface area contributed by atoms with Crippen LogP contribution in [-0.4, -0.2) is 27.2 Å². The number of nitrogens with zero attached hydrogens (tertiary/aromatic N) is 3. The van der Waals surface area contributed by atoms with Crippen molar-refractivity contribution in [2.75, 3.05) is 18.2 Å². The normalized spacial score (nSPS) is 11.6. The van der Waals surface area contributed by atoms with Gasteiger partial charge in [-0.15, -0.1) is 10.2 Å². The fourth-order valence-electron chi connectivity index (χ4n) is 1.83. The van der Waals surface area contributed by atoms with Crippen molar-refractivity contribution in [3.8, 4) is 5.75 Å². The maximum Gasteiger partial charge on any atom is 0.209 e. The van der Waals surface area contributed by atoms with E-state index in [9.17, 15) is 4.39 Å². The lowest BCUT2D eigenvalue weighted by Crippen LogP contribution is -2.24. The van der Waals surface area contributed by atoms with E-state index < -0.39 is 0 Å². The van der Waals surface area contributed by atoms with Gasteiger partial charge in [-0.1, -0.05) is 32.5 Å². The summed E-state index contributed by atoms with van der Waals surface area (Å²) in [6.45, 7) is 6.70. The average Bonchev–Trinajstić information content (AvgIpc) is 2.82. The lowest BCUT2D eigenvalue weighted by Gasteiger charge is -2.16. The molecule has 0 fully saturated rings. The van der Waals surface area contributed by atoms with Crippen LogP contribution in [0.1, 0.15) is 33.0 Å². The molecule has 1 aromatic heterocycles. The molecule has 0 radical (unpaired) electrons. The first-order chi connectivity index (χ1) is 10.4. The molecule has 0 bridgehead atoms. The summed E-state index contributed by atoms with van der Waals surface area (Å²) in [7, 11) is 0. The van der Waals surface area contributed by atoms with E-state index >= 15 is 0 Å². The first-order valence-electron chi connectivity index (χ1n) is 7.10. The van der Waals surface area contributed by atoms with E-state index in [1.165, 1.54) is 12.1 Å². The summed E-state index contributed by atoms with van der Waals surface area (Å²) in [4.78, 5) is 0. The molecule has 0 aliphatic rings. The molecule has 5 nitrogen and oxygen atoms in total. The number of nitrogens with two attached hydrogens (primary N) is 1. The van der Waals surface area contributed by atoms with E-state index in [4.69, 9.17) is 10.6 Å². The predicted octanol–water partition coefficient (Wildman–Crippen LogP) is 2.99. The zero-order valence-corrected chi connectivity index (χ0v) is 13.9. The Labute approximate surface area is 134 Å². The Morgan fingerprint density at radius 3 is 2.50 bits per heavy atom. The van der Waals surface area contributed by atoms with Crippen LogP contribution in [0.5, 0.6) is 5.75 Å². The lowest BCUT2D eigenvalue weighted by atomic mass is 9.96. The lowest BCUT2D eigenvalue weighted by molar-refractivity contribution is 0.318. The molecule has 1 aromatic carbocycles. The van der Waals surface area contributed by atoms with Crippen molar-refractivity contribution in [2.45, 2.75) is 37.8 Å². The average molecular weight is 324 g/mol. The standard InChI is InChI=1S/C15H21FN4OS/c1-15(2,3)13-18-19-14(20(13)17)22-10-4-9-21-12-7-5-11(16)6-8-12/h5-8H,4,9-10,17H2,1-3H3. The molecule has 0 aliphatic carbocycles. The number of thioether (sulfide) groups is 1. The number of rotatable bonds is 6. The summed E-state index contributed by atoms with van der Waals surface area (Å²) in [5.74, 6) is 8.00. The van der Waals surface area contributed by atoms with Gasteiger partial charge in [-0.3, -0.25) is 0 Å². The zero-order valence-electron chi connectivity index (χ0n) is 13.0. The Balaban J connectivity index is 1.75. The fraction of sp³-hybridized carbons (Fsp3) is 0.467. The number of benzene rings is 1. The van der Waals surface area contributed by atoms with Crippen LogP contribution in [0.25, 0.3) is 0 Å². The molecule has 120 valence electrons. The largest absolute Gasteiger partial charge is 0.494 e. The molecular weight excluding hydrogens is 303 g/mol. The van der Waals surface area contributed by atoms with Crippen LogP contribution < -0.4 is 10.6 Å². The van der Waals surface area contributed by atoms with Crippen LogP contribution in [0.15, 0.2) is 29.4 Å². The Morgan fingerprint density at radius 2 is 1.91 bits per heavy atom. The van der Waals surface area contributed by atoms with Gasteiger partial charge in [-0.2, -0.15) is 0 Å². The number of hydrogen-bond acceptors (Lipinski definition) is 5. The van der Waals surface area contributed by atoms with Gasteiger partial charge in [-0.05, 0) is 30.7 Å². The highest BCUT2D eigenvalue weighted by Gasteiger charge is 2.22. The maximum atomic E-state index is 12.8. The number of hydrogen-bond donors (Lipinski definition) is 1. The Bertz CT molecular complexity index is 607. The first kappa shape index (κ1) is 16.6. The van der Waals surface area contributed by atoms with Gasteiger partial charge in [0.2, 0.25) is 5.16 Å². The molecule has 0 spiro atoms. The second kappa shape index (κ2) is 7.00. The third kappa shape index (κ3) is 4.37. The van der Waals surface area contributed by atoms with Crippen LogP contribution in [-0.2, 0) is 5.41 Å². The predicted molar refractivity (Wildman–Crippen MR) is 86.1 cm³/mol. The summed E-state index contributed by atoms with van der Waals surface area (Å²) in [5, 5.41) is 8.96. The summed E-state index contributed by atoms with van der Waals surface area (Å²) in [6.07, 6.45) is 0.833. The van der Waals surface area contributed by atoms with Gasteiger partial charge < -0.3 is 10.6 Å². The Morgan fingerprint density at radius 1 is 1.23 bits per heavy atom. The molecule has 0 atom stereocenters. The first-order valence-corrected chi connectivity index (χ1v) is 8.08. The van der Waals surface area contributed by atoms with E-state index in [1.54, 1.807) is 28.6 Å². The summed E-state index contributed by atoms with van der Waals surface area (Å²) in [6, 6.07) is 6.01. The van der Waals surface area contributed by atoms with Gasteiger partial charge in [-0.25, -0.2) is 9.07 Å². The van der Waals surface area contributed by atoms with Crippen LogP contribution in [0.4, 0.5) is 4.39 Å².